The highest BCUT2D eigenvalue weighted by Crippen LogP contribution is 2.38. The van der Waals surface area contributed by atoms with Crippen molar-refractivity contribution in [3.8, 4) is 5.88 Å². The minimum atomic E-state index is -0.930. The van der Waals surface area contributed by atoms with E-state index in [2.05, 4.69) is 31.4 Å². The normalized spacial score (nSPS) is 17.2. The Bertz CT molecular complexity index is 1580. The first kappa shape index (κ1) is 34.6. The van der Waals surface area contributed by atoms with Crippen LogP contribution in [-0.2, 0) is 19.7 Å². The van der Waals surface area contributed by atoms with Crippen molar-refractivity contribution in [2.24, 2.45) is 0 Å². The van der Waals surface area contributed by atoms with Crippen LogP contribution in [0.5, 0.6) is 5.88 Å². The number of hydrogen-bond donors (Lipinski definition) is 2. The largest absolute Gasteiger partial charge is 0.515 e. The molecule has 1 aliphatic carbocycles. The van der Waals surface area contributed by atoms with E-state index in [4.69, 9.17) is 24.0 Å². The van der Waals surface area contributed by atoms with Gasteiger partial charge in [0.2, 0.25) is 5.88 Å². The van der Waals surface area contributed by atoms with Crippen LogP contribution in [0.1, 0.15) is 107 Å². The van der Waals surface area contributed by atoms with E-state index in [0.29, 0.717) is 17.3 Å². The fourth-order valence-corrected chi connectivity index (χ4v) is 5.28. The molecule has 0 spiro atoms. The lowest BCUT2D eigenvalue weighted by Crippen LogP contribution is -2.33. The van der Waals surface area contributed by atoms with Gasteiger partial charge in [0, 0.05) is 35.2 Å². The summed E-state index contributed by atoms with van der Waals surface area (Å²) in [4.78, 5) is 38.0. The Morgan fingerprint density at radius 2 is 1.59 bits per heavy atom. The van der Waals surface area contributed by atoms with Crippen molar-refractivity contribution in [2.75, 3.05) is 5.32 Å². The van der Waals surface area contributed by atoms with E-state index in [1.165, 1.54) is 4.57 Å². The van der Waals surface area contributed by atoms with Crippen LogP contribution in [0.15, 0.2) is 30.3 Å². The fourth-order valence-electron chi connectivity index (χ4n) is 5.28. The molecule has 0 bridgehead atoms. The van der Waals surface area contributed by atoms with E-state index in [9.17, 15) is 14.4 Å². The number of aromatic nitrogens is 3. The lowest BCUT2D eigenvalue weighted by atomic mass is 10.0. The van der Waals surface area contributed by atoms with Crippen LogP contribution in [0.4, 0.5) is 25.9 Å². The molecule has 12 nitrogen and oxygen atoms in total. The molecule has 252 valence electrons. The van der Waals surface area contributed by atoms with Crippen LogP contribution in [0, 0.1) is 0 Å². The summed E-state index contributed by atoms with van der Waals surface area (Å²) >= 11 is 0. The molecule has 12 heteroatoms. The number of anilines is 2. The molecule has 2 aromatic heterocycles. The van der Waals surface area contributed by atoms with Crippen LogP contribution in [0.2, 0.25) is 0 Å². The van der Waals surface area contributed by atoms with Crippen molar-refractivity contribution in [1.29, 1.82) is 0 Å². The molecule has 0 saturated heterocycles. The van der Waals surface area contributed by atoms with E-state index >= 15 is 0 Å². The van der Waals surface area contributed by atoms with E-state index < -0.39 is 29.5 Å². The van der Waals surface area contributed by atoms with Gasteiger partial charge in [-0.1, -0.05) is 0 Å². The highest BCUT2D eigenvalue weighted by atomic mass is 16.7. The molecule has 0 radical (unpaired) electrons. The number of rotatable bonds is 6. The Balaban J connectivity index is 1.62. The van der Waals surface area contributed by atoms with Crippen LogP contribution in [0.25, 0.3) is 10.9 Å². The minimum absolute atomic E-state index is 0.0139. The van der Waals surface area contributed by atoms with Gasteiger partial charge in [-0.2, -0.15) is 5.10 Å². The zero-order valence-corrected chi connectivity index (χ0v) is 28.9. The Labute approximate surface area is 271 Å². The van der Waals surface area contributed by atoms with Crippen LogP contribution in [-0.4, -0.2) is 56.0 Å². The lowest BCUT2D eigenvalue weighted by molar-refractivity contribution is 0.0184. The molecule has 1 amide bonds. The number of benzene rings is 1. The Kier molecular flexibility index (Phi) is 9.70. The van der Waals surface area contributed by atoms with Gasteiger partial charge in [-0.05, 0) is 114 Å². The Morgan fingerprint density at radius 3 is 2.20 bits per heavy atom. The topological polar surface area (TPSA) is 135 Å². The van der Waals surface area contributed by atoms with Crippen LogP contribution in [0.3, 0.4) is 0 Å². The number of carbonyl (C=O) groups is 3. The van der Waals surface area contributed by atoms with Crippen molar-refractivity contribution in [3.05, 3.63) is 36.0 Å². The number of ether oxygens (including phenoxy) is 4. The molecule has 1 fully saturated rings. The standard InChI is InChI=1S/C34H49N5O7/c1-20(2)35-29(40)43-24-14-12-21(17-24)25-19-27(39(37-25)32(3,4)5)36-23-13-15-26-22(16-23)18-28(44-31(42)46-34(9,10)11)38(26)30(41)45-33(6,7)8/h13,15-16,18-21,24,36H,12,14,17H2,1-11H3,(H,35,40)/t21-,24+/m0/s1. The molecule has 46 heavy (non-hydrogen) atoms. The highest BCUT2D eigenvalue weighted by molar-refractivity contribution is 5.94. The van der Waals surface area contributed by atoms with E-state index in [0.717, 1.165) is 30.0 Å². The monoisotopic (exact) mass is 639 g/mol. The van der Waals surface area contributed by atoms with E-state index in [1.54, 1.807) is 53.7 Å². The summed E-state index contributed by atoms with van der Waals surface area (Å²) in [6, 6.07) is 9.13. The number of alkyl carbamates (subject to hydrolysis) is 1. The Morgan fingerprint density at radius 1 is 0.913 bits per heavy atom. The van der Waals surface area contributed by atoms with Gasteiger partial charge in [0.25, 0.3) is 0 Å². The van der Waals surface area contributed by atoms with Gasteiger partial charge in [0.1, 0.15) is 23.1 Å². The SMILES string of the molecule is CC(C)NC(=O)O[C@@H]1CC[C@H](c2cc(Nc3ccc4c(c3)cc(OC(=O)OC(C)(C)C)n4C(=O)OC(C)(C)C)n(C(C)(C)C)n2)C1. The average Bonchev–Trinajstić information content (AvgIpc) is 3.57. The number of nitrogens with zero attached hydrogens (tertiary/aromatic N) is 3. The molecule has 1 saturated carbocycles. The van der Waals surface area contributed by atoms with Gasteiger partial charge in [0.15, 0.2) is 0 Å². The maximum absolute atomic E-state index is 13.3. The summed E-state index contributed by atoms with van der Waals surface area (Å²) in [5, 5.41) is 11.9. The predicted molar refractivity (Wildman–Crippen MR) is 176 cm³/mol. The maximum Gasteiger partial charge on any atom is 0.515 e. The second-order valence-electron chi connectivity index (χ2n) is 15.1. The van der Waals surface area contributed by atoms with Crippen molar-refractivity contribution in [2.45, 2.75) is 130 Å². The van der Waals surface area contributed by atoms with E-state index in [-0.39, 0.29) is 29.5 Å². The average molecular weight is 640 g/mol. The van der Waals surface area contributed by atoms with Gasteiger partial charge in [-0.25, -0.2) is 23.6 Å². The molecule has 1 aliphatic rings. The minimum Gasteiger partial charge on any atom is -0.446 e. The zero-order chi connectivity index (χ0) is 34.2. The zero-order valence-electron chi connectivity index (χ0n) is 28.9. The molecule has 2 atom stereocenters. The quantitative estimate of drug-likeness (QED) is 0.202. The van der Waals surface area contributed by atoms with Crippen LogP contribution >= 0.6 is 0 Å². The van der Waals surface area contributed by atoms with Gasteiger partial charge in [-0.3, -0.25) is 0 Å². The molecule has 1 aromatic carbocycles. The Hall–Kier alpha value is -4.22. The second kappa shape index (κ2) is 12.9. The van der Waals surface area contributed by atoms with Crippen molar-refractivity contribution < 1.29 is 33.3 Å². The first-order valence-electron chi connectivity index (χ1n) is 15.8. The number of carbonyl (C=O) groups excluding carboxylic acids is 3. The molecule has 0 unspecified atom stereocenters. The number of hydrogen-bond acceptors (Lipinski definition) is 9. The molecule has 4 rings (SSSR count). The van der Waals surface area contributed by atoms with E-state index in [1.807, 2.05) is 36.7 Å². The third kappa shape index (κ3) is 8.95. The number of nitrogens with one attached hydrogen (secondary N) is 2. The lowest BCUT2D eigenvalue weighted by Gasteiger charge is -2.23. The predicted octanol–water partition coefficient (Wildman–Crippen LogP) is 8.20. The van der Waals surface area contributed by atoms with Crippen molar-refractivity contribution in [1.82, 2.24) is 19.7 Å². The summed E-state index contributed by atoms with van der Waals surface area (Å²) in [5.74, 6) is 0.928. The van der Waals surface area contributed by atoms with Gasteiger partial charge in [-0.15, -0.1) is 0 Å². The smallest absolute Gasteiger partial charge is 0.446 e. The molecule has 0 aliphatic heterocycles. The summed E-state index contributed by atoms with van der Waals surface area (Å²) in [6.07, 6.45) is 0.187. The van der Waals surface area contributed by atoms with Crippen molar-refractivity contribution in [3.63, 3.8) is 0 Å². The van der Waals surface area contributed by atoms with Crippen molar-refractivity contribution >= 4 is 40.8 Å². The first-order chi connectivity index (χ1) is 21.2. The first-order valence-corrected chi connectivity index (χ1v) is 15.8. The molecule has 2 N–H and O–H groups in total. The highest BCUT2D eigenvalue weighted by Gasteiger charge is 2.32. The van der Waals surface area contributed by atoms with Gasteiger partial charge in [0.05, 0.1) is 16.7 Å². The van der Waals surface area contributed by atoms with Gasteiger partial charge < -0.3 is 29.6 Å². The molecule has 3 aromatic rings. The molecular formula is C34H49N5O7. The second-order valence-corrected chi connectivity index (χ2v) is 15.1. The number of amides is 1. The molecular weight excluding hydrogens is 590 g/mol. The maximum atomic E-state index is 13.3. The fraction of sp³-hybridized carbons (Fsp3) is 0.588. The summed E-state index contributed by atoms with van der Waals surface area (Å²) < 4.78 is 25.3. The molecule has 2 heterocycles. The number of fused-ring (bicyclic) bond motifs is 1. The summed E-state index contributed by atoms with van der Waals surface area (Å²) in [7, 11) is 0. The van der Waals surface area contributed by atoms with Crippen LogP contribution < -0.4 is 15.4 Å². The summed E-state index contributed by atoms with van der Waals surface area (Å²) in [6.45, 7) is 20.5. The van der Waals surface area contributed by atoms with Gasteiger partial charge >= 0.3 is 18.3 Å². The third-order valence-electron chi connectivity index (χ3n) is 7.04. The summed E-state index contributed by atoms with van der Waals surface area (Å²) in [5.41, 5.74) is 0.297. The third-order valence-corrected chi connectivity index (χ3v) is 7.04.